The van der Waals surface area contributed by atoms with E-state index in [1.807, 2.05) is 45.0 Å². The molecule has 4 heteroatoms. The minimum atomic E-state index is -0.156. The van der Waals surface area contributed by atoms with Crippen LogP contribution in [0.2, 0.25) is 5.02 Å². The van der Waals surface area contributed by atoms with Crippen LogP contribution in [0, 0.1) is 20.8 Å². The maximum atomic E-state index is 12.2. The van der Waals surface area contributed by atoms with Crippen molar-refractivity contribution >= 4 is 39.1 Å². The average Bonchev–Trinajstić information content (AvgIpc) is 2.34. The molecule has 0 saturated carbocycles. The highest BCUT2D eigenvalue weighted by molar-refractivity contribution is 9.10. The number of anilines is 1. The molecule has 104 valence electrons. The maximum Gasteiger partial charge on any atom is 0.255 e. The summed E-state index contributed by atoms with van der Waals surface area (Å²) in [5.74, 6) is -0.156. The van der Waals surface area contributed by atoms with Crippen molar-refractivity contribution in [3.05, 3.63) is 62.1 Å². The van der Waals surface area contributed by atoms with Gasteiger partial charge in [-0.3, -0.25) is 4.79 Å². The second-order valence-corrected chi connectivity index (χ2v) is 6.12. The summed E-state index contributed by atoms with van der Waals surface area (Å²) < 4.78 is 1.06. The van der Waals surface area contributed by atoms with Gasteiger partial charge in [-0.25, -0.2) is 0 Å². The Bertz CT molecular complexity index is 639. The number of nitrogens with one attached hydrogen (secondary N) is 1. The predicted molar refractivity (Wildman–Crippen MR) is 87.8 cm³/mol. The van der Waals surface area contributed by atoms with Crippen molar-refractivity contribution in [2.75, 3.05) is 5.32 Å². The van der Waals surface area contributed by atoms with Crippen LogP contribution < -0.4 is 5.32 Å². The molecule has 0 aliphatic heterocycles. The number of carbonyl (C=O) groups excluding carboxylic acids is 1. The van der Waals surface area contributed by atoms with Crippen LogP contribution in [0.15, 0.2) is 34.8 Å². The minimum absolute atomic E-state index is 0.156. The number of rotatable bonds is 2. The molecule has 0 aliphatic carbocycles. The van der Waals surface area contributed by atoms with Gasteiger partial charge in [0.25, 0.3) is 5.91 Å². The third-order valence-electron chi connectivity index (χ3n) is 3.00. The summed E-state index contributed by atoms with van der Waals surface area (Å²) in [6, 6.07) is 9.19. The molecule has 2 aromatic rings. The van der Waals surface area contributed by atoms with Crippen LogP contribution in [-0.2, 0) is 0 Å². The Morgan fingerprint density at radius 2 is 1.65 bits per heavy atom. The largest absolute Gasteiger partial charge is 0.322 e. The van der Waals surface area contributed by atoms with Crippen molar-refractivity contribution in [2.45, 2.75) is 20.8 Å². The monoisotopic (exact) mass is 351 g/mol. The van der Waals surface area contributed by atoms with Gasteiger partial charge in [-0.1, -0.05) is 27.5 Å². The molecule has 20 heavy (non-hydrogen) atoms. The highest BCUT2D eigenvalue weighted by Gasteiger charge is 2.09. The molecule has 0 heterocycles. The Labute approximate surface area is 132 Å². The summed E-state index contributed by atoms with van der Waals surface area (Å²) in [5.41, 5.74) is 4.48. The van der Waals surface area contributed by atoms with Crippen molar-refractivity contribution in [3.63, 3.8) is 0 Å². The standard InChI is InChI=1S/C16H15BrClNO/c1-9-4-12(8-13(18)5-9)16(20)19-14-6-10(2)15(17)11(3)7-14/h4-8H,1-3H3,(H,19,20). The van der Waals surface area contributed by atoms with E-state index in [9.17, 15) is 4.79 Å². The van der Waals surface area contributed by atoms with E-state index in [0.29, 0.717) is 10.6 Å². The third-order valence-corrected chi connectivity index (χ3v) is 4.47. The van der Waals surface area contributed by atoms with Gasteiger partial charge in [0, 0.05) is 20.7 Å². The van der Waals surface area contributed by atoms with Crippen LogP contribution in [0.1, 0.15) is 27.0 Å². The number of hydrogen-bond acceptors (Lipinski definition) is 1. The van der Waals surface area contributed by atoms with Gasteiger partial charge in [0.05, 0.1) is 0 Å². The first kappa shape index (κ1) is 15.1. The fourth-order valence-corrected chi connectivity index (χ4v) is 2.61. The van der Waals surface area contributed by atoms with Crippen molar-refractivity contribution in [2.24, 2.45) is 0 Å². The zero-order chi connectivity index (χ0) is 14.9. The highest BCUT2D eigenvalue weighted by atomic mass is 79.9. The zero-order valence-electron chi connectivity index (χ0n) is 11.6. The number of halogens is 2. The average molecular weight is 353 g/mol. The van der Waals surface area contributed by atoms with Crippen LogP contribution in [-0.4, -0.2) is 5.91 Å². The second kappa shape index (κ2) is 5.98. The van der Waals surface area contributed by atoms with Crippen LogP contribution in [0.5, 0.6) is 0 Å². The number of aryl methyl sites for hydroxylation is 3. The Morgan fingerprint density at radius 3 is 2.20 bits per heavy atom. The lowest BCUT2D eigenvalue weighted by Gasteiger charge is -2.10. The van der Waals surface area contributed by atoms with Gasteiger partial charge in [-0.15, -0.1) is 0 Å². The lowest BCUT2D eigenvalue weighted by molar-refractivity contribution is 0.102. The van der Waals surface area contributed by atoms with E-state index < -0.39 is 0 Å². The molecule has 2 nitrogen and oxygen atoms in total. The van der Waals surface area contributed by atoms with Gasteiger partial charge in [-0.05, 0) is 67.8 Å². The van der Waals surface area contributed by atoms with Crippen LogP contribution in [0.4, 0.5) is 5.69 Å². The van der Waals surface area contributed by atoms with Crippen LogP contribution >= 0.6 is 27.5 Å². The summed E-state index contributed by atoms with van der Waals surface area (Å²) in [5, 5.41) is 3.47. The van der Waals surface area contributed by atoms with Gasteiger partial charge in [0.1, 0.15) is 0 Å². The van der Waals surface area contributed by atoms with E-state index in [-0.39, 0.29) is 5.91 Å². The quantitative estimate of drug-likeness (QED) is 0.782. The highest BCUT2D eigenvalue weighted by Crippen LogP contribution is 2.25. The fraction of sp³-hybridized carbons (Fsp3) is 0.188. The summed E-state index contributed by atoms with van der Waals surface area (Å²) in [4.78, 5) is 12.2. The van der Waals surface area contributed by atoms with Gasteiger partial charge in [-0.2, -0.15) is 0 Å². The van der Waals surface area contributed by atoms with Crippen LogP contribution in [0.25, 0.3) is 0 Å². The third kappa shape index (κ3) is 3.41. The zero-order valence-corrected chi connectivity index (χ0v) is 13.9. The van der Waals surface area contributed by atoms with E-state index in [2.05, 4.69) is 21.2 Å². The minimum Gasteiger partial charge on any atom is -0.322 e. The molecule has 1 amide bonds. The second-order valence-electron chi connectivity index (χ2n) is 4.90. The predicted octanol–water partition coefficient (Wildman–Crippen LogP) is 5.28. The van der Waals surface area contributed by atoms with Crippen molar-refractivity contribution in [1.29, 1.82) is 0 Å². The first-order valence-corrected chi connectivity index (χ1v) is 7.39. The summed E-state index contributed by atoms with van der Waals surface area (Å²) >= 11 is 9.50. The van der Waals surface area contributed by atoms with Crippen molar-refractivity contribution in [1.82, 2.24) is 0 Å². The number of benzene rings is 2. The molecule has 0 saturated heterocycles. The normalized spacial score (nSPS) is 10.4. The molecule has 0 aromatic heterocycles. The molecule has 1 N–H and O–H groups in total. The van der Waals surface area contributed by atoms with Crippen LogP contribution in [0.3, 0.4) is 0 Å². The van der Waals surface area contributed by atoms with E-state index in [4.69, 9.17) is 11.6 Å². The van der Waals surface area contributed by atoms with Gasteiger partial charge >= 0.3 is 0 Å². The molecule has 2 aromatic carbocycles. The lowest BCUT2D eigenvalue weighted by atomic mass is 10.1. The summed E-state index contributed by atoms with van der Waals surface area (Å²) in [6.07, 6.45) is 0. The topological polar surface area (TPSA) is 29.1 Å². The Kier molecular flexibility index (Phi) is 4.51. The lowest BCUT2D eigenvalue weighted by Crippen LogP contribution is -2.12. The molecule has 0 aliphatic rings. The smallest absolute Gasteiger partial charge is 0.255 e. The molecular weight excluding hydrogens is 338 g/mol. The fourth-order valence-electron chi connectivity index (χ4n) is 2.09. The van der Waals surface area contributed by atoms with Crippen molar-refractivity contribution in [3.8, 4) is 0 Å². The molecular formula is C16H15BrClNO. The van der Waals surface area contributed by atoms with Gasteiger partial charge in [0.15, 0.2) is 0 Å². The molecule has 0 unspecified atom stereocenters. The van der Waals surface area contributed by atoms with E-state index in [1.165, 1.54) is 0 Å². The molecule has 0 atom stereocenters. The van der Waals surface area contributed by atoms with Gasteiger partial charge in [0.2, 0.25) is 0 Å². The van der Waals surface area contributed by atoms with Crippen molar-refractivity contribution < 1.29 is 4.79 Å². The molecule has 0 bridgehead atoms. The first-order chi connectivity index (χ1) is 9.36. The SMILES string of the molecule is Cc1cc(Cl)cc(C(=O)Nc2cc(C)c(Br)c(C)c2)c1. The molecule has 2 rings (SSSR count). The van der Waals surface area contributed by atoms with Gasteiger partial charge < -0.3 is 5.32 Å². The first-order valence-electron chi connectivity index (χ1n) is 6.22. The summed E-state index contributed by atoms with van der Waals surface area (Å²) in [6.45, 7) is 5.91. The number of amides is 1. The Morgan fingerprint density at radius 1 is 1.05 bits per heavy atom. The Hall–Kier alpha value is -1.32. The maximum absolute atomic E-state index is 12.2. The molecule has 0 radical (unpaired) electrons. The number of carbonyl (C=O) groups is 1. The molecule has 0 fully saturated rings. The molecule has 0 spiro atoms. The van der Waals surface area contributed by atoms with E-state index >= 15 is 0 Å². The summed E-state index contributed by atoms with van der Waals surface area (Å²) in [7, 11) is 0. The number of hydrogen-bond donors (Lipinski definition) is 1. The Balaban J connectivity index is 2.28. The van der Waals surface area contributed by atoms with E-state index in [1.54, 1.807) is 6.07 Å². The van der Waals surface area contributed by atoms with E-state index in [0.717, 1.165) is 26.9 Å².